The average Bonchev–Trinajstić information content (AvgIpc) is 3.06. The van der Waals surface area contributed by atoms with Crippen LogP contribution in [-0.4, -0.2) is 23.5 Å². The van der Waals surface area contributed by atoms with E-state index in [1.807, 2.05) is 31.2 Å². The summed E-state index contributed by atoms with van der Waals surface area (Å²) in [5, 5.41) is 6.42. The topological polar surface area (TPSA) is 75.4 Å². The molecule has 0 unspecified atom stereocenters. The summed E-state index contributed by atoms with van der Waals surface area (Å²) >= 11 is 0. The van der Waals surface area contributed by atoms with E-state index < -0.39 is 0 Å². The van der Waals surface area contributed by atoms with Crippen molar-refractivity contribution in [1.82, 2.24) is 5.16 Å². The first-order valence-corrected chi connectivity index (χ1v) is 7.15. The highest BCUT2D eigenvalue weighted by Crippen LogP contribution is 2.28. The van der Waals surface area contributed by atoms with E-state index in [-0.39, 0.29) is 24.2 Å². The summed E-state index contributed by atoms with van der Waals surface area (Å²) in [7, 11) is 0. The third kappa shape index (κ3) is 2.72. The van der Waals surface area contributed by atoms with Gasteiger partial charge in [-0.3, -0.25) is 9.59 Å². The molecular weight excluding hydrogens is 282 g/mol. The van der Waals surface area contributed by atoms with E-state index in [0.29, 0.717) is 18.1 Å². The van der Waals surface area contributed by atoms with Gasteiger partial charge in [0, 0.05) is 24.7 Å². The molecule has 1 saturated heterocycles. The smallest absolute Gasteiger partial charge is 0.231 e. The highest BCUT2D eigenvalue weighted by atomic mass is 16.5. The van der Waals surface area contributed by atoms with E-state index in [1.54, 1.807) is 17.9 Å². The summed E-state index contributed by atoms with van der Waals surface area (Å²) in [6.07, 6.45) is 0.205. The third-order valence-electron chi connectivity index (χ3n) is 3.78. The molecule has 2 amide bonds. The number of para-hydroxylation sites is 1. The Morgan fingerprint density at radius 2 is 2.14 bits per heavy atom. The number of carbonyl (C=O) groups excluding carboxylic acids is 2. The normalized spacial score (nSPS) is 17.8. The Morgan fingerprint density at radius 1 is 1.36 bits per heavy atom. The summed E-state index contributed by atoms with van der Waals surface area (Å²) in [5.74, 6) is 0.372. The van der Waals surface area contributed by atoms with E-state index in [0.717, 1.165) is 11.3 Å². The number of nitrogens with zero attached hydrogens (tertiary/aromatic N) is 2. The second kappa shape index (κ2) is 5.63. The number of nitrogens with one attached hydrogen (secondary N) is 1. The largest absolute Gasteiger partial charge is 0.360 e. The minimum absolute atomic E-state index is 0.0363. The van der Waals surface area contributed by atoms with Crippen molar-refractivity contribution in [2.75, 3.05) is 16.8 Å². The third-order valence-corrected chi connectivity index (χ3v) is 3.78. The maximum absolute atomic E-state index is 12.3. The molecule has 6 heteroatoms. The standard InChI is InChI=1S/C16H17N3O3/c1-10-5-3-4-6-13(10)19-9-12(8-15(19)20)16(21)17-14-7-11(2)22-18-14/h3-7,12H,8-9H2,1-2H3,(H,17,18,21)/t12-/m1/s1. The average molecular weight is 299 g/mol. The van der Waals surface area contributed by atoms with Gasteiger partial charge in [0.2, 0.25) is 11.8 Å². The fourth-order valence-electron chi connectivity index (χ4n) is 2.64. The number of amides is 2. The van der Waals surface area contributed by atoms with Gasteiger partial charge < -0.3 is 14.7 Å². The predicted octanol–water partition coefficient (Wildman–Crippen LogP) is 2.28. The number of rotatable bonds is 3. The lowest BCUT2D eigenvalue weighted by Gasteiger charge is -2.18. The van der Waals surface area contributed by atoms with Crippen molar-refractivity contribution in [2.45, 2.75) is 20.3 Å². The highest BCUT2D eigenvalue weighted by Gasteiger charge is 2.35. The lowest BCUT2D eigenvalue weighted by atomic mass is 10.1. The van der Waals surface area contributed by atoms with E-state index in [1.165, 1.54) is 0 Å². The van der Waals surface area contributed by atoms with Gasteiger partial charge in [0.1, 0.15) is 5.76 Å². The number of hydrogen-bond donors (Lipinski definition) is 1. The van der Waals surface area contributed by atoms with Gasteiger partial charge in [-0.1, -0.05) is 23.4 Å². The van der Waals surface area contributed by atoms with Crippen LogP contribution in [0.15, 0.2) is 34.9 Å². The molecule has 1 fully saturated rings. The van der Waals surface area contributed by atoms with Crippen molar-refractivity contribution in [1.29, 1.82) is 0 Å². The Hall–Kier alpha value is -2.63. The molecule has 2 aromatic rings. The maximum Gasteiger partial charge on any atom is 0.231 e. The van der Waals surface area contributed by atoms with E-state index >= 15 is 0 Å². The minimum Gasteiger partial charge on any atom is -0.360 e. The molecule has 0 radical (unpaired) electrons. The number of anilines is 2. The first kappa shape index (κ1) is 14.3. The summed E-state index contributed by atoms with van der Waals surface area (Å²) in [4.78, 5) is 26.1. The quantitative estimate of drug-likeness (QED) is 0.943. The fraction of sp³-hybridized carbons (Fsp3) is 0.312. The molecule has 2 heterocycles. The molecule has 3 rings (SSSR count). The molecule has 0 spiro atoms. The van der Waals surface area contributed by atoms with Gasteiger partial charge in [0.05, 0.1) is 5.92 Å². The second-order valence-electron chi connectivity index (χ2n) is 5.50. The van der Waals surface area contributed by atoms with E-state index in [2.05, 4.69) is 10.5 Å². The molecule has 0 saturated carbocycles. The molecule has 6 nitrogen and oxygen atoms in total. The Bertz CT molecular complexity index is 723. The van der Waals surface area contributed by atoms with Crippen molar-refractivity contribution < 1.29 is 14.1 Å². The molecular formula is C16H17N3O3. The van der Waals surface area contributed by atoms with Crippen molar-refractivity contribution in [3.8, 4) is 0 Å². The summed E-state index contributed by atoms with van der Waals surface area (Å²) in [6, 6.07) is 9.31. The molecule has 1 atom stereocenters. The molecule has 0 aliphatic carbocycles. The predicted molar refractivity (Wildman–Crippen MR) is 81.5 cm³/mol. The van der Waals surface area contributed by atoms with Crippen LogP contribution in [0.4, 0.5) is 11.5 Å². The number of hydrogen-bond acceptors (Lipinski definition) is 4. The minimum atomic E-state index is -0.385. The van der Waals surface area contributed by atoms with Gasteiger partial charge in [0.25, 0.3) is 0 Å². The first-order valence-electron chi connectivity index (χ1n) is 7.15. The molecule has 1 aliphatic rings. The number of benzene rings is 1. The van der Waals surface area contributed by atoms with Crippen LogP contribution in [0, 0.1) is 19.8 Å². The summed E-state index contributed by atoms with van der Waals surface area (Å²) in [6.45, 7) is 4.09. The number of carbonyl (C=O) groups is 2. The first-order chi connectivity index (χ1) is 10.5. The Balaban J connectivity index is 1.71. The molecule has 1 N–H and O–H groups in total. The maximum atomic E-state index is 12.3. The molecule has 1 aromatic carbocycles. The van der Waals surface area contributed by atoms with Gasteiger partial charge in [-0.15, -0.1) is 0 Å². The van der Waals surface area contributed by atoms with Crippen LogP contribution in [0.25, 0.3) is 0 Å². The highest BCUT2D eigenvalue weighted by molar-refractivity contribution is 6.03. The monoisotopic (exact) mass is 299 g/mol. The molecule has 22 heavy (non-hydrogen) atoms. The SMILES string of the molecule is Cc1cc(NC(=O)[C@@H]2CC(=O)N(c3ccccc3C)C2)no1. The zero-order valence-corrected chi connectivity index (χ0v) is 12.5. The number of aromatic nitrogens is 1. The van der Waals surface area contributed by atoms with Crippen LogP contribution >= 0.6 is 0 Å². The lowest BCUT2D eigenvalue weighted by Crippen LogP contribution is -2.28. The Morgan fingerprint density at radius 3 is 2.82 bits per heavy atom. The lowest BCUT2D eigenvalue weighted by molar-refractivity contribution is -0.122. The van der Waals surface area contributed by atoms with Crippen molar-refractivity contribution in [3.63, 3.8) is 0 Å². The number of aryl methyl sites for hydroxylation is 2. The van der Waals surface area contributed by atoms with Crippen LogP contribution < -0.4 is 10.2 Å². The van der Waals surface area contributed by atoms with Crippen LogP contribution in [-0.2, 0) is 9.59 Å². The van der Waals surface area contributed by atoms with Gasteiger partial charge in [-0.2, -0.15) is 0 Å². The van der Waals surface area contributed by atoms with Crippen LogP contribution in [0.2, 0.25) is 0 Å². The summed E-state index contributed by atoms with van der Waals surface area (Å²) in [5.41, 5.74) is 1.88. The van der Waals surface area contributed by atoms with Crippen LogP contribution in [0.3, 0.4) is 0 Å². The molecule has 1 aliphatic heterocycles. The Labute approximate surface area is 128 Å². The molecule has 1 aromatic heterocycles. The molecule has 114 valence electrons. The zero-order chi connectivity index (χ0) is 15.7. The van der Waals surface area contributed by atoms with Crippen molar-refractivity contribution in [2.24, 2.45) is 5.92 Å². The van der Waals surface area contributed by atoms with E-state index in [9.17, 15) is 9.59 Å². The van der Waals surface area contributed by atoms with Gasteiger partial charge in [-0.25, -0.2) is 0 Å². The van der Waals surface area contributed by atoms with Gasteiger partial charge >= 0.3 is 0 Å². The Kier molecular flexibility index (Phi) is 3.66. The van der Waals surface area contributed by atoms with Crippen molar-refractivity contribution in [3.05, 3.63) is 41.7 Å². The fourth-order valence-corrected chi connectivity index (χ4v) is 2.64. The summed E-state index contributed by atoms with van der Waals surface area (Å²) < 4.78 is 4.91. The van der Waals surface area contributed by atoms with E-state index in [4.69, 9.17) is 4.52 Å². The van der Waals surface area contributed by atoms with Crippen LogP contribution in [0.1, 0.15) is 17.7 Å². The van der Waals surface area contributed by atoms with Crippen LogP contribution in [0.5, 0.6) is 0 Å². The van der Waals surface area contributed by atoms with Gasteiger partial charge in [0.15, 0.2) is 5.82 Å². The second-order valence-corrected chi connectivity index (χ2v) is 5.50. The van der Waals surface area contributed by atoms with Gasteiger partial charge in [-0.05, 0) is 25.5 Å². The van der Waals surface area contributed by atoms with Crippen molar-refractivity contribution >= 4 is 23.3 Å². The molecule has 0 bridgehead atoms. The zero-order valence-electron chi connectivity index (χ0n) is 12.5.